The maximum Gasteiger partial charge on any atom is 0.249 e. The number of hydrogen-bond acceptors (Lipinski definition) is 4. The van der Waals surface area contributed by atoms with E-state index in [9.17, 15) is 20.1 Å². The Morgan fingerprint density at radius 3 is 1.39 bits per heavy atom. The molecule has 0 saturated carbocycles. The Morgan fingerprint density at radius 2 is 0.932 bits per heavy atom. The molecule has 0 bridgehead atoms. The molecule has 3 atom stereocenters. The van der Waals surface area contributed by atoms with Crippen LogP contribution < -0.4 is 5.32 Å². The van der Waals surface area contributed by atoms with Crippen molar-refractivity contribution >= 4 is 5.91 Å². The largest absolute Gasteiger partial charge is 0.394 e. The van der Waals surface area contributed by atoms with Gasteiger partial charge in [-0.1, -0.05) is 172 Å². The van der Waals surface area contributed by atoms with E-state index in [0.717, 1.165) is 44.9 Å². The van der Waals surface area contributed by atoms with Crippen molar-refractivity contribution in [3.05, 3.63) is 36.5 Å². The molecule has 0 spiro atoms. The Morgan fingerprint density at radius 1 is 0.545 bits per heavy atom. The number of rotatable bonds is 33. The van der Waals surface area contributed by atoms with E-state index in [0.29, 0.717) is 6.42 Å². The third-order valence-electron chi connectivity index (χ3n) is 8.46. The van der Waals surface area contributed by atoms with Crippen LogP contribution in [0.2, 0.25) is 0 Å². The van der Waals surface area contributed by atoms with E-state index in [1.807, 2.05) is 6.08 Å². The summed E-state index contributed by atoms with van der Waals surface area (Å²) in [7, 11) is 0. The second kappa shape index (κ2) is 34.4. The first-order valence-electron chi connectivity index (χ1n) is 18.8. The third-order valence-corrected chi connectivity index (χ3v) is 8.46. The number of carbonyl (C=O) groups excluding carboxylic acids is 1. The number of aliphatic hydroxyl groups is 3. The summed E-state index contributed by atoms with van der Waals surface area (Å²) in [5, 5.41) is 32.9. The quantitative estimate of drug-likeness (QED) is 0.0435. The average Bonchev–Trinajstić information content (AvgIpc) is 3.03. The van der Waals surface area contributed by atoms with Crippen molar-refractivity contribution in [2.24, 2.45) is 0 Å². The molecule has 5 nitrogen and oxygen atoms in total. The predicted octanol–water partition coefficient (Wildman–Crippen LogP) is 10.0. The molecule has 4 N–H and O–H groups in total. The Bertz CT molecular complexity index is 690. The lowest BCUT2D eigenvalue weighted by molar-refractivity contribution is -0.131. The maximum atomic E-state index is 12.4. The lowest BCUT2D eigenvalue weighted by Gasteiger charge is -2.21. The number of unbranched alkanes of at least 4 members (excludes halogenated alkanes) is 21. The molecular weight excluding hydrogens is 546 g/mol. The van der Waals surface area contributed by atoms with Gasteiger partial charge in [0.15, 0.2) is 0 Å². The molecule has 1 amide bonds. The van der Waals surface area contributed by atoms with Crippen LogP contribution in [-0.2, 0) is 4.79 Å². The van der Waals surface area contributed by atoms with Crippen LogP contribution in [0.1, 0.15) is 181 Å². The normalized spacial score (nSPS) is 14.2. The molecule has 0 fully saturated rings. The van der Waals surface area contributed by atoms with Crippen molar-refractivity contribution in [1.29, 1.82) is 0 Å². The van der Waals surface area contributed by atoms with Crippen LogP contribution in [-0.4, -0.2) is 46.1 Å². The second-order valence-corrected chi connectivity index (χ2v) is 12.8. The number of allylic oxidation sites excluding steroid dienone is 5. The highest BCUT2D eigenvalue weighted by atomic mass is 16.3. The van der Waals surface area contributed by atoms with Gasteiger partial charge >= 0.3 is 0 Å². The van der Waals surface area contributed by atoms with Crippen molar-refractivity contribution in [2.75, 3.05) is 6.61 Å². The molecule has 44 heavy (non-hydrogen) atoms. The zero-order chi connectivity index (χ0) is 32.4. The minimum atomic E-state index is -1.10. The summed E-state index contributed by atoms with van der Waals surface area (Å²) >= 11 is 0. The Hall–Kier alpha value is -1.43. The van der Waals surface area contributed by atoms with Crippen LogP contribution in [0.3, 0.4) is 0 Å². The third kappa shape index (κ3) is 29.3. The summed E-state index contributed by atoms with van der Waals surface area (Å²) < 4.78 is 0. The fourth-order valence-corrected chi connectivity index (χ4v) is 5.45. The van der Waals surface area contributed by atoms with Gasteiger partial charge in [0.2, 0.25) is 5.91 Å². The first-order chi connectivity index (χ1) is 21.6. The van der Waals surface area contributed by atoms with Gasteiger partial charge in [-0.2, -0.15) is 0 Å². The van der Waals surface area contributed by atoms with Crippen molar-refractivity contribution in [2.45, 2.75) is 199 Å². The molecule has 0 aliphatic heterocycles. The maximum absolute atomic E-state index is 12.4. The summed E-state index contributed by atoms with van der Waals surface area (Å²) in [4.78, 5) is 12.4. The molecule has 0 rings (SSSR count). The highest BCUT2D eigenvalue weighted by Gasteiger charge is 2.22. The fraction of sp³-hybridized carbons (Fsp3) is 0.821. The number of carbonyl (C=O) groups is 1. The van der Waals surface area contributed by atoms with Gasteiger partial charge in [-0.05, 0) is 44.9 Å². The molecule has 0 aromatic heterocycles. The standard InChI is InChI=1S/C39H73NO4/c1-3-5-7-9-11-13-15-16-17-18-19-20-21-22-24-25-27-29-31-33-37(42)36(35-41)40-39(44)38(43)34-32-30-28-26-23-14-12-10-8-6-4-2/h19-20,24-25,31,33,36-38,41-43H,3-18,21-23,26-30,32,34-35H2,1-2H3,(H,40,44)/b20-19+,25-24+,33-31+. The summed E-state index contributed by atoms with van der Waals surface area (Å²) in [6, 6.07) is -0.816. The summed E-state index contributed by atoms with van der Waals surface area (Å²) in [5.41, 5.74) is 0. The van der Waals surface area contributed by atoms with E-state index < -0.39 is 24.2 Å². The topological polar surface area (TPSA) is 89.8 Å². The van der Waals surface area contributed by atoms with Gasteiger partial charge in [-0.15, -0.1) is 0 Å². The molecule has 0 aromatic rings. The zero-order valence-electron chi connectivity index (χ0n) is 29.0. The number of aliphatic hydroxyl groups excluding tert-OH is 3. The van der Waals surface area contributed by atoms with E-state index >= 15 is 0 Å². The Kier molecular flexibility index (Phi) is 33.3. The molecule has 0 aliphatic carbocycles. The summed E-state index contributed by atoms with van der Waals surface area (Å²) in [5.74, 6) is -0.520. The molecule has 0 aromatic carbocycles. The molecule has 3 unspecified atom stereocenters. The average molecular weight is 620 g/mol. The predicted molar refractivity (Wildman–Crippen MR) is 190 cm³/mol. The fourth-order valence-electron chi connectivity index (χ4n) is 5.45. The van der Waals surface area contributed by atoms with E-state index in [4.69, 9.17) is 0 Å². The molecule has 0 radical (unpaired) electrons. The van der Waals surface area contributed by atoms with Crippen LogP contribution in [0.5, 0.6) is 0 Å². The molecular formula is C39H73NO4. The SMILES string of the molecule is CCCCCCCCCCC/C=C/CC/C=C/CC/C=C/C(O)C(CO)NC(=O)C(O)CCCCCCCCCCCCC. The number of nitrogens with one attached hydrogen (secondary N) is 1. The van der Waals surface area contributed by atoms with Gasteiger partial charge in [0.1, 0.15) is 6.10 Å². The van der Waals surface area contributed by atoms with Crippen LogP contribution in [0.25, 0.3) is 0 Å². The van der Waals surface area contributed by atoms with Crippen molar-refractivity contribution in [3.63, 3.8) is 0 Å². The molecule has 0 heterocycles. The smallest absolute Gasteiger partial charge is 0.249 e. The lowest BCUT2D eigenvalue weighted by Crippen LogP contribution is -2.48. The number of hydrogen-bond donors (Lipinski definition) is 4. The van der Waals surface area contributed by atoms with E-state index in [2.05, 4.69) is 43.5 Å². The summed E-state index contributed by atoms with van der Waals surface area (Å²) in [6.45, 7) is 4.13. The molecule has 258 valence electrons. The van der Waals surface area contributed by atoms with Gasteiger partial charge in [0.25, 0.3) is 0 Å². The molecule has 0 aliphatic rings. The van der Waals surface area contributed by atoms with Crippen LogP contribution in [0.15, 0.2) is 36.5 Å². The van der Waals surface area contributed by atoms with Crippen molar-refractivity contribution in [1.82, 2.24) is 5.32 Å². The van der Waals surface area contributed by atoms with Crippen LogP contribution in [0.4, 0.5) is 0 Å². The minimum Gasteiger partial charge on any atom is -0.394 e. The highest BCUT2D eigenvalue weighted by Crippen LogP contribution is 2.13. The van der Waals surface area contributed by atoms with Gasteiger partial charge in [-0.3, -0.25) is 4.79 Å². The Labute approximate surface area is 273 Å². The van der Waals surface area contributed by atoms with Gasteiger partial charge < -0.3 is 20.6 Å². The van der Waals surface area contributed by atoms with Crippen LogP contribution in [0, 0.1) is 0 Å². The van der Waals surface area contributed by atoms with E-state index in [1.165, 1.54) is 116 Å². The van der Waals surface area contributed by atoms with Crippen LogP contribution >= 0.6 is 0 Å². The van der Waals surface area contributed by atoms with E-state index in [-0.39, 0.29) is 6.61 Å². The lowest BCUT2D eigenvalue weighted by atomic mass is 10.0. The van der Waals surface area contributed by atoms with Crippen molar-refractivity contribution in [3.8, 4) is 0 Å². The van der Waals surface area contributed by atoms with Gasteiger partial charge in [-0.25, -0.2) is 0 Å². The Balaban J connectivity index is 3.82. The minimum absolute atomic E-state index is 0.380. The zero-order valence-corrected chi connectivity index (χ0v) is 29.0. The first kappa shape index (κ1) is 42.6. The number of amides is 1. The van der Waals surface area contributed by atoms with Gasteiger partial charge in [0, 0.05) is 0 Å². The van der Waals surface area contributed by atoms with E-state index in [1.54, 1.807) is 6.08 Å². The first-order valence-corrected chi connectivity index (χ1v) is 18.8. The molecule has 0 saturated heterocycles. The second-order valence-electron chi connectivity index (χ2n) is 12.8. The van der Waals surface area contributed by atoms with Crippen molar-refractivity contribution < 1.29 is 20.1 Å². The molecule has 5 heteroatoms. The van der Waals surface area contributed by atoms with Gasteiger partial charge in [0.05, 0.1) is 18.8 Å². The monoisotopic (exact) mass is 620 g/mol. The highest BCUT2D eigenvalue weighted by molar-refractivity contribution is 5.80. The summed E-state index contributed by atoms with van der Waals surface area (Å²) in [6.07, 6.45) is 41.6.